The summed E-state index contributed by atoms with van der Waals surface area (Å²) in [7, 11) is 0. The lowest BCUT2D eigenvalue weighted by Crippen LogP contribution is -2.75. The second kappa shape index (κ2) is 12.0. The Labute approximate surface area is 222 Å². The summed E-state index contributed by atoms with van der Waals surface area (Å²) in [5, 5.41) is 23.4. The predicted molar refractivity (Wildman–Crippen MR) is 143 cm³/mol. The van der Waals surface area contributed by atoms with Gasteiger partial charge >= 0.3 is 12.1 Å². The number of hydrazine groups is 1. The van der Waals surface area contributed by atoms with E-state index in [1.807, 2.05) is 54.6 Å². The molecule has 0 aliphatic rings. The molecule has 7 N–H and O–H groups in total. The predicted octanol–water partition coefficient (Wildman–Crippen LogP) is 3.11. The summed E-state index contributed by atoms with van der Waals surface area (Å²) in [5.74, 6) is 2.22. The molecule has 0 bridgehead atoms. The Bertz CT molecular complexity index is 1220. The van der Waals surface area contributed by atoms with E-state index in [0.717, 1.165) is 23.7 Å². The molecule has 1 amide bonds. The van der Waals surface area contributed by atoms with E-state index in [1.54, 1.807) is 27.0 Å². The van der Waals surface area contributed by atoms with Gasteiger partial charge in [0.05, 0.1) is 6.61 Å². The number of aromatic nitrogens is 1. The number of aryl methyl sites for hydroxylation is 1. The van der Waals surface area contributed by atoms with Gasteiger partial charge in [-0.15, -0.1) is 0 Å². The van der Waals surface area contributed by atoms with E-state index in [9.17, 15) is 19.8 Å². The van der Waals surface area contributed by atoms with Gasteiger partial charge in [0, 0.05) is 23.5 Å². The number of para-hydroxylation sites is 1. The largest absolute Gasteiger partial charge is 0.460 e. The summed E-state index contributed by atoms with van der Waals surface area (Å²) < 4.78 is 10.6. The number of hydrogen-bond acceptors (Lipinski definition) is 8. The molecule has 3 rings (SSSR count). The number of ether oxygens (including phenoxy) is 2. The minimum Gasteiger partial charge on any atom is -0.460 e. The van der Waals surface area contributed by atoms with Gasteiger partial charge in [0.2, 0.25) is 5.79 Å². The molecule has 1 unspecified atom stereocenters. The van der Waals surface area contributed by atoms with Crippen LogP contribution in [0.3, 0.4) is 0 Å². The van der Waals surface area contributed by atoms with Crippen LogP contribution in [0.5, 0.6) is 0 Å². The molecule has 0 aliphatic heterocycles. The van der Waals surface area contributed by atoms with E-state index in [0.29, 0.717) is 17.0 Å². The maximum atomic E-state index is 12.9. The number of H-pyrrole nitrogens is 1. The molecule has 0 aliphatic carbocycles. The Balaban J connectivity index is 1.76. The Morgan fingerprint density at radius 2 is 1.66 bits per heavy atom. The minimum absolute atomic E-state index is 0.0540. The Hall–Kier alpha value is -3.44. The van der Waals surface area contributed by atoms with E-state index in [1.165, 1.54) is 5.56 Å². The number of nitrogens with two attached hydrogens (primary N) is 2. The molecular weight excluding hydrogens is 488 g/mol. The maximum Gasteiger partial charge on any atom is 0.426 e. The highest BCUT2D eigenvalue weighted by atomic mass is 16.6. The number of nitrogens with zero attached hydrogens (tertiary/aromatic N) is 1. The van der Waals surface area contributed by atoms with Gasteiger partial charge in [-0.25, -0.2) is 15.6 Å². The SMILES string of the molecule is CC(C)(C)OC(=O)CC(O)(O)C(N)(Cc1c[nH]c2ccccc12)N(N)C(=O)OCCCCc1ccccc1. The fraction of sp³-hybridized carbons (Fsp3) is 0.429. The molecule has 10 nitrogen and oxygen atoms in total. The molecule has 0 saturated carbocycles. The fourth-order valence-corrected chi connectivity index (χ4v) is 4.19. The topological polar surface area (TPSA) is 164 Å². The number of nitrogens with one attached hydrogen (secondary N) is 1. The number of esters is 1. The summed E-state index contributed by atoms with van der Waals surface area (Å²) in [4.78, 5) is 28.5. The third-order valence-electron chi connectivity index (χ3n) is 6.19. The third-order valence-corrected chi connectivity index (χ3v) is 6.19. The third kappa shape index (κ3) is 7.32. The first kappa shape index (κ1) is 29.1. The number of carbonyl (C=O) groups is 2. The van der Waals surface area contributed by atoms with Crippen LogP contribution in [0, 0.1) is 0 Å². The van der Waals surface area contributed by atoms with Crippen LogP contribution in [0.15, 0.2) is 60.8 Å². The number of aliphatic hydroxyl groups is 2. The smallest absolute Gasteiger partial charge is 0.426 e. The first-order chi connectivity index (χ1) is 17.8. The van der Waals surface area contributed by atoms with Crippen molar-refractivity contribution in [3.63, 3.8) is 0 Å². The summed E-state index contributed by atoms with van der Waals surface area (Å²) in [6.07, 6.45) is 1.51. The highest BCUT2D eigenvalue weighted by molar-refractivity contribution is 5.83. The second-order valence-electron chi connectivity index (χ2n) is 10.5. The molecule has 10 heteroatoms. The molecule has 0 saturated heterocycles. The van der Waals surface area contributed by atoms with Crippen LogP contribution in [-0.4, -0.2) is 55.9 Å². The van der Waals surface area contributed by atoms with Gasteiger partial charge in [-0.1, -0.05) is 48.5 Å². The second-order valence-corrected chi connectivity index (χ2v) is 10.5. The van der Waals surface area contributed by atoms with E-state index in [4.69, 9.17) is 21.1 Å². The summed E-state index contributed by atoms with van der Waals surface area (Å²) in [5.41, 5.74) is 5.79. The van der Waals surface area contributed by atoms with Gasteiger partial charge in [-0.05, 0) is 57.2 Å². The van der Waals surface area contributed by atoms with Crippen LogP contribution < -0.4 is 11.6 Å². The van der Waals surface area contributed by atoms with Crippen LogP contribution in [0.4, 0.5) is 4.79 Å². The van der Waals surface area contributed by atoms with Crippen molar-refractivity contribution in [2.24, 2.45) is 11.6 Å². The Kier molecular flexibility index (Phi) is 9.16. The normalized spacial score (nSPS) is 13.7. The average molecular weight is 527 g/mol. The molecule has 0 spiro atoms. The minimum atomic E-state index is -2.96. The zero-order valence-electron chi connectivity index (χ0n) is 22.1. The van der Waals surface area contributed by atoms with Crippen molar-refractivity contribution in [1.29, 1.82) is 0 Å². The first-order valence-corrected chi connectivity index (χ1v) is 12.6. The quantitative estimate of drug-likeness (QED) is 0.0635. The van der Waals surface area contributed by atoms with Crippen LogP contribution in [-0.2, 0) is 27.1 Å². The lowest BCUT2D eigenvalue weighted by Gasteiger charge is -2.45. The van der Waals surface area contributed by atoms with Gasteiger partial charge in [-0.3, -0.25) is 4.79 Å². The van der Waals surface area contributed by atoms with E-state index < -0.39 is 35.5 Å². The molecular formula is C28H38N4O6. The lowest BCUT2D eigenvalue weighted by molar-refractivity contribution is -0.251. The number of aromatic amines is 1. The molecule has 1 aromatic heterocycles. The van der Waals surface area contributed by atoms with Crippen LogP contribution in [0.1, 0.15) is 51.2 Å². The van der Waals surface area contributed by atoms with Gasteiger partial charge < -0.3 is 30.4 Å². The number of unbranched alkanes of at least 4 members (excludes halogenated alkanes) is 1. The Morgan fingerprint density at radius 1 is 1.00 bits per heavy atom. The number of benzene rings is 2. The van der Waals surface area contributed by atoms with Gasteiger partial charge in [0.25, 0.3) is 0 Å². The fourth-order valence-electron chi connectivity index (χ4n) is 4.19. The molecule has 2 aromatic carbocycles. The summed E-state index contributed by atoms with van der Waals surface area (Å²) >= 11 is 0. The van der Waals surface area contributed by atoms with E-state index in [-0.39, 0.29) is 13.0 Å². The molecule has 1 heterocycles. The summed E-state index contributed by atoms with van der Waals surface area (Å²) in [6.45, 7) is 4.99. The molecule has 0 radical (unpaired) electrons. The van der Waals surface area contributed by atoms with Crippen molar-refractivity contribution in [2.75, 3.05) is 6.61 Å². The van der Waals surface area contributed by atoms with E-state index in [2.05, 4.69) is 4.98 Å². The van der Waals surface area contributed by atoms with Gasteiger partial charge in [0.1, 0.15) is 12.0 Å². The average Bonchev–Trinajstić information content (AvgIpc) is 3.24. The van der Waals surface area contributed by atoms with Crippen molar-refractivity contribution in [1.82, 2.24) is 9.99 Å². The van der Waals surface area contributed by atoms with Crippen molar-refractivity contribution in [3.05, 3.63) is 71.9 Å². The standard InChI is InChI=1S/C28H38N4O6/c1-26(2,3)38-24(33)18-28(35,36)27(29,17-21-19-31-23-15-8-7-14-22(21)23)32(30)25(34)37-16-10-9-13-20-11-5-4-6-12-20/h4-8,11-12,14-15,19,31,35-36H,9-10,13,16-18,29-30H2,1-3H3. The van der Waals surface area contributed by atoms with Crippen LogP contribution >= 0.6 is 0 Å². The number of fused-ring (bicyclic) bond motifs is 1. The lowest BCUT2D eigenvalue weighted by atomic mass is 9.88. The van der Waals surface area contributed by atoms with Gasteiger partial charge in [0.15, 0.2) is 5.66 Å². The first-order valence-electron chi connectivity index (χ1n) is 12.6. The van der Waals surface area contributed by atoms with Crippen molar-refractivity contribution in [3.8, 4) is 0 Å². The van der Waals surface area contributed by atoms with E-state index >= 15 is 0 Å². The number of amides is 1. The monoisotopic (exact) mass is 526 g/mol. The molecule has 38 heavy (non-hydrogen) atoms. The van der Waals surface area contributed by atoms with Crippen molar-refractivity contribution in [2.45, 2.75) is 69.9 Å². The van der Waals surface area contributed by atoms with Crippen LogP contribution in [0.25, 0.3) is 10.9 Å². The van der Waals surface area contributed by atoms with Crippen molar-refractivity contribution < 1.29 is 29.3 Å². The molecule has 0 fully saturated rings. The van der Waals surface area contributed by atoms with Gasteiger partial charge in [-0.2, -0.15) is 0 Å². The summed E-state index contributed by atoms with van der Waals surface area (Å²) in [6, 6.07) is 17.2. The number of hydrogen-bond donors (Lipinski definition) is 5. The maximum absolute atomic E-state index is 12.9. The molecule has 1 atom stereocenters. The number of rotatable bonds is 11. The zero-order valence-corrected chi connectivity index (χ0v) is 22.1. The highest BCUT2D eigenvalue weighted by Crippen LogP contribution is 2.31. The van der Waals surface area contributed by atoms with Crippen LogP contribution in [0.2, 0.25) is 0 Å². The molecule has 206 valence electrons. The zero-order chi connectivity index (χ0) is 28.0. The number of carbonyl (C=O) groups excluding carboxylic acids is 2. The Morgan fingerprint density at radius 3 is 2.34 bits per heavy atom. The van der Waals surface area contributed by atoms with Crippen molar-refractivity contribution >= 4 is 23.0 Å². The highest BCUT2D eigenvalue weighted by Gasteiger charge is 2.54. The molecule has 3 aromatic rings.